The Balaban J connectivity index is 1.75. The van der Waals surface area contributed by atoms with E-state index in [0.717, 1.165) is 11.9 Å². The summed E-state index contributed by atoms with van der Waals surface area (Å²) in [7, 11) is -3.22. The molecule has 0 saturated carbocycles. The number of anilines is 1. The van der Waals surface area contributed by atoms with Gasteiger partial charge in [0.25, 0.3) is 0 Å². The molecule has 23 heavy (non-hydrogen) atoms. The number of nitrogens with one attached hydrogen (secondary N) is 2. The number of aromatic nitrogens is 1. The van der Waals surface area contributed by atoms with Gasteiger partial charge >= 0.3 is 0 Å². The molecule has 5 heteroatoms. The second-order valence-electron chi connectivity index (χ2n) is 5.44. The number of sulfone groups is 1. The normalized spacial score (nSPS) is 11.7. The van der Waals surface area contributed by atoms with Gasteiger partial charge in [0.1, 0.15) is 0 Å². The molecule has 4 nitrogen and oxygen atoms in total. The van der Waals surface area contributed by atoms with E-state index < -0.39 is 9.84 Å². The standard InChI is InChI=1S/C18H20N2O2S/c1-2-23(21,22)18-10-6-5-9-17(18)19-12-11-14-13-20-16-8-4-3-7-15(14)16/h3-10,13,19-20H,2,11-12H2,1H3. The van der Waals surface area contributed by atoms with E-state index in [-0.39, 0.29) is 5.75 Å². The summed E-state index contributed by atoms with van der Waals surface area (Å²) >= 11 is 0. The molecular formula is C18H20N2O2S. The molecule has 2 N–H and O–H groups in total. The van der Waals surface area contributed by atoms with Crippen molar-refractivity contribution in [2.45, 2.75) is 18.2 Å². The van der Waals surface area contributed by atoms with E-state index in [4.69, 9.17) is 0 Å². The smallest absolute Gasteiger partial charge is 0.180 e. The Bertz CT molecular complexity index is 913. The molecule has 1 heterocycles. The summed E-state index contributed by atoms with van der Waals surface area (Å²) in [6.45, 7) is 2.34. The predicted molar refractivity (Wildman–Crippen MR) is 94.7 cm³/mol. The zero-order valence-electron chi connectivity index (χ0n) is 13.0. The topological polar surface area (TPSA) is 62.0 Å². The first-order valence-corrected chi connectivity index (χ1v) is 9.37. The Hall–Kier alpha value is -2.27. The van der Waals surface area contributed by atoms with Crippen molar-refractivity contribution in [1.29, 1.82) is 0 Å². The highest BCUT2D eigenvalue weighted by Gasteiger charge is 2.15. The first-order chi connectivity index (χ1) is 11.1. The summed E-state index contributed by atoms with van der Waals surface area (Å²) < 4.78 is 24.3. The molecule has 0 aliphatic carbocycles. The molecule has 0 bridgehead atoms. The van der Waals surface area contributed by atoms with Crippen molar-refractivity contribution in [2.24, 2.45) is 0 Å². The van der Waals surface area contributed by atoms with Crippen LogP contribution in [-0.2, 0) is 16.3 Å². The van der Waals surface area contributed by atoms with Crippen molar-refractivity contribution < 1.29 is 8.42 Å². The van der Waals surface area contributed by atoms with Crippen LogP contribution in [0.15, 0.2) is 59.6 Å². The maximum absolute atomic E-state index is 12.1. The van der Waals surface area contributed by atoms with Crippen LogP contribution in [0.4, 0.5) is 5.69 Å². The van der Waals surface area contributed by atoms with E-state index in [1.807, 2.05) is 30.5 Å². The number of fused-ring (bicyclic) bond motifs is 1. The molecule has 0 radical (unpaired) electrons. The summed E-state index contributed by atoms with van der Waals surface area (Å²) in [6, 6.07) is 15.3. The lowest BCUT2D eigenvalue weighted by atomic mass is 10.1. The third-order valence-electron chi connectivity index (χ3n) is 3.99. The summed E-state index contributed by atoms with van der Waals surface area (Å²) in [6.07, 6.45) is 2.84. The Morgan fingerprint density at radius 1 is 1.04 bits per heavy atom. The summed E-state index contributed by atoms with van der Waals surface area (Å²) in [4.78, 5) is 3.63. The lowest BCUT2D eigenvalue weighted by Gasteiger charge is -2.11. The Labute approximate surface area is 136 Å². The number of aromatic amines is 1. The molecule has 0 fully saturated rings. The van der Waals surface area contributed by atoms with E-state index in [1.165, 1.54) is 10.9 Å². The van der Waals surface area contributed by atoms with Crippen LogP contribution in [0, 0.1) is 0 Å². The number of benzene rings is 2. The van der Waals surface area contributed by atoms with Crippen LogP contribution in [0.2, 0.25) is 0 Å². The van der Waals surface area contributed by atoms with Crippen LogP contribution in [0.1, 0.15) is 12.5 Å². The van der Waals surface area contributed by atoms with Crippen LogP contribution in [0.5, 0.6) is 0 Å². The zero-order chi connectivity index (χ0) is 16.3. The fourth-order valence-electron chi connectivity index (χ4n) is 2.71. The van der Waals surface area contributed by atoms with Crippen molar-refractivity contribution in [3.63, 3.8) is 0 Å². The van der Waals surface area contributed by atoms with Crippen LogP contribution >= 0.6 is 0 Å². The molecular weight excluding hydrogens is 308 g/mol. The van der Waals surface area contributed by atoms with Gasteiger partial charge in [0.15, 0.2) is 9.84 Å². The molecule has 0 aliphatic heterocycles. The van der Waals surface area contributed by atoms with Crippen molar-refractivity contribution in [1.82, 2.24) is 4.98 Å². The lowest BCUT2D eigenvalue weighted by molar-refractivity contribution is 0.597. The van der Waals surface area contributed by atoms with Crippen LogP contribution in [-0.4, -0.2) is 25.7 Å². The van der Waals surface area contributed by atoms with Gasteiger partial charge in [0, 0.05) is 23.6 Å². The van der Waals surface area contributed by atoms with Gasteiger partial charge in [-0.25, -0.2) is 8.42 Å². The first-order valence-electron chi connectivity index (χ1n) is 7.72. The van der Waals surface area contributed by atoms with E-state index in [2.05, 4.69) is 22.4 Å². The highest BCUT2D eigenvalue weighted by Crippen LogP contribution is 2.23. The van der Waals surface area contributed by atoms with Gasteiger partial charge in [-0.1, -0.05) is 37.3 Å². The van der Waals surface area contributed by atoms with Gasteiger partial charge in [-0.05, 0) is 30.2 Å². The molecule has 3 rings (SSSR count). The summed E-state index contributed by atoms with van der Waals surface area (Å²) in [5.41, 5.74) is 3.02. The maximum atomic E-state index is 12.1. The molecule has 0 unspecified atom stereocenters. The lowest BCUT2D eigenvalue weighted by Crippen LogP contribution is -2.11. The van der Waals surface area contributed by atoms with Crippen LogP contribution < -0.4 is 5.32 Å². The minimum absolute atomic E-state index is 0.105. The fourth-order valence-corrected chi connectivity index (χ4v) is 3.78. The third kappa shape index (κ3) is 3.24. The largest absolute Gasteiger partial charge is 0.384 e. The van der Waals surface area contributed by atoms with Crippen LogP contribution in [0.3, 0.4) is 0 Å². The Kier molecular flexibility index (Phi) is 4.39. The molecule has 0 saturated heterocycles. The molecule has 1 aromatic heterocycles. The Morgan fingerprint density at radius 2 is 1.78 bits per heavy atom. The van der Waals surface area contributed by atoms with Crippen molar-refractivity contribution in [3.8, 4) is 0 Å². The SMILES string of the molecule is CCS(=O)(=O)c1ccccc1NCCc1c[nH]c2ccccc12. The predicted octanol–water partition coefficient (Wildman–Crippen LogP) is 3.62. The zero-order valence-corrected chi connectivity index (χ0v) is 13.9. The van der Waals surface area contributed by atoms with Gasteiger partial charge in [-0.15, -0.1) is 0 Å². The maximum Gasteiger partial charge on any atom is 0.180 e. The number of para-hydroxylation sites is 2. The van der Waals surface area contributed by atoms with E-state index in [1.54, 1.807) is 19.1 Å². The number of hydrogen-bond donors (Lipinski definition) is 2. The first kappa shape index (κ1) is 15.6. The van der Waals surface area contributed by atoms with Gasteiger partial charge < -0.3 is 10.3 Å². The van der Waals surface area contributed by atoms with Crippen molar-refractivity contribution in [2.75, 3.05) is 17.6 Å². The summed E-state index contributed by atoms with van der Waals surface area (Å²) in [5, 5.41) is 4.48. The second-order valence-corrected chi connectivity index (χ2v) is 7.68. The average Bonchev–Trinajstić information content (AvgIpc) is 2.99. The monoisotopic (exact) mass is 328 g/mol. The van der Waals surface area contributed by atoms with Gasteiger partial charge in [-0.2, -0.15) is 0 Å². The molecule has 120 valence electrons. The number of hydrogen-bond acceptors (Lipinski definition) is 3. The minimum Gasteiger partial charge on any atom is -0.384 e. The highest BCUT2D eigenvalue weighted by atomic mass is 32.2. The van der Waals surface area contributed by atoms with Crippen LogP contribution in [0.25, 0.3) is 10.9 Å². The van der Waals surface area contributed by atoms with E-state index >= 15 is 0 Å². The number of rotatable bonds is 6. The molecule has 2 aromatic carbocycles. The number of H-pyrrole nitrogens is 1. The molecule has 0 spiro atoms. The molecule has 0 amide bonds. The Morgan fingerprint density at radius 3 is 2.61 bits per heavy atom. The van der Waals surface area contributed by atoms with Crippen molar-refractivity contribution in [3.05, 3.63) is 60.3 Å². The molecule has 0 aliphatic rings. The summed E-state index contributed by atoms with van der Waals surface area (Å²) in [5.74, 6) is 0.105. The van der Waals surface area contributed by atoms with E-state index in [0.29, 0.717) is 17.1 Å². The quantitative estimate of drug-likeness (QED) is 0.726. The van der Waals surface area contributed by atoms with Crippen molar-refractivity contribution >= 4 is 26.4 Å². The third-order valence-corrected chi connectivity index (χ3v) is 5.77. The van der Waals surface area contributed by atoms with Gasteiger partial charge in [0.2, 0.25) is 0 Å². The van der Waals surface area contributed by atoms with E-state index in [9.17, 15) is 8.42 Å². The van der Waals surface area contributed by atoms with Gasteiger partial charge in [0.05, 0.1) is 16.3 Å². The fraction of sp³-hybridized carbons (Fsp3) is 0.222. The molecule has 0 atom stereocenters. The average molecular weight is 328 g/mol. The molecule has 3 aromatic rings. The highest BCUT2D eigenvalue weighted by molar-refractivity contribution is 7.91. The second kappa shape index (κ2) is 6.46. The minimum atomic E-state index is -3.22. The van der Waals surface area contributed by atoms with Gasteiger partial charge in [-0.3, -0.25) is 0 Å².